The molecular weight excluding hydrogens is 586 g/mol. The molecule has 2 N–H and O–H groups in total. The van der Waals surface area contributed by atoms with E-state index in [1.807, 2.05) is 36.4 Å². The molecular formula is C35H47N3O6Si. The Balaban J connectivity index is 1.50. The Morgan fingerprint density at radius 2 is 1.58 bits per heavy atom. The van der Waals surface area contributed by atoms with Crippen molar-refractivity contribution in [3.63, 3.8) is 0 Å². The zero-order valence-corrected chi connectivity index (χ0v) is 28.6. The maximum Gasteiger partial charge on any atom is 0.341 e. The first-order valence-corrected chi connectivity index (χ1v) is 18.4. The average Bonchev–Trinajstić information content (AvgIpc) is 3.53. The first-order valence-electron chi connectivity index (χ1n) is 15.5. The molecule has 3 aromatic rings. The van der Waals surface area contributed by atoms with Gasteiger partial charge in [-0.15, -0.1) is 0 Å². The molecule has 1 saturated heterocycles. The van der Waals surface area contributed by atoms with Crippen LogP contribution in [-0.4, -0.2) is 65.6 Å². The number of ether oxygens (including phenoxy) is 3. The quantitative estimate of drug-likeness (QED) is 0.151. The Morgan fingerprint density at radius 1 is 0.889 bits per heavy atom. The van der Waals surface area contributed by atoms with Crippen molar-refractivity contribution < 1.29 is 28.2 Å². The van der Waals surface area contributed by atoms with E-state index in [2.05, 4.69) is 49.4 Å². The zero-order valence-electron chi connectivity index (χ0n) is 27.6. The van der Waals surface area contributed by atoms with Gasteiger partial charge in [0.2, 0.25) is 8.32 Å². The van der Waals surface area contributed by atoms with Gasteiger partial charge in [0.15, 0.2) is 0 Å². The fourth-order valence-electron chi connectivity index (χ4n) is 4.81. The first-order chi connectivity index (χ1) is 21.4. The highest BCUT2D eigenvalue weighted by Crippen LogP contribution is 2.39. The Kier molecular flexibility index (Phi) is 11.2. The van der Waals surface area contributed by atoms with E-state index in [4.69, 9.17) is 18.6 Å². The lowest BCUT2D eigenvalue weighted by Gasteiger charge is -2.36. The zero-order chi connectivity index (χ0) is 32.6. The number of carbonyl (C=O) groups is 2. The van der Waals surface area contributed by atoms with Crippen LogP contribution in [0.15, 0.2) is 60.7 Å². The van der Waals surface area contributed by atoms with E-state index in [0.717, 1.165) is 36.6 Å². The van der Waals surface area contributed by atoms with Gasteiger partial charge in [0.05, 0.1) is 25.6 Å². The van der Waals surface area contributed by atoms with Crippen LogP contribution in [0.5, 0.6) is 17.2 Å². The summed E-state index contributed by atoms with van der Waals surface area (Å²) >= 11 is 0. The molecule has 0 aromatic heterocycles. The predicted molar refractivity (Wildman–Crippen MR) is 181 cm³/mol. The lowest BCUT2D eigenvalue weighted by molar-refractivity contribution is 0.0597. The van der Waals surface area contributed by atoms with Gasteiger partial charge in [-0.2, -0.15) is 0 Å². The van der Waals surface area contributed by atoms with Gasteiger partial charge in [-0.3, -0.25) is 9.69 Å². The molecule has 1 aliphatic heterocycles. The fourth-order valence-corrected chi connectivity index (χ4v) is 5.83. The van der Waals surface area contributed by atoms with Gasteiger partial charge in [-0.1, -0.05) is 26.8 Å². The summed E-state index contributed by atoms with van der Waals surface area (Å²) in [7, 11) is 0.735. The molecule has 0 atom stereocenters. The van der Waals surface area contributed by atoms with Crippen LogP contribution in [0.1, 0.15) is 59.9 Å². The number of carbonyl (C=O) groups excluding carboxylic acids is 2. The summed E-state index contributed by atoms with van der Waals surface area (Å²) in [6, 6.07) is 18.2. The standard InChI is InChI=1S/C35H47N3O6Si/c1-35(2,3)45(6,7)44-28-15-17-30(36-24-25-10-16-29(34(40)42-5)32(22-25)41-4)31(23-28)37-33(39)26-11-13-27(14-12-26)43-21-20-38-18-8-9-19-38/h10-17,22-23,36H,8-9,18-21,24H2,1-7H3,(H,37,39). The molecule has 3 aromatic carbocycles. The number of methoxy groups -OCH3 is 2. The van der Waals surface area contributed by atoms with Crippen molar-refractivity contribution in [3.05, 3.63) is 77.4 Å². The molecule has 0 saturated carbocycles. The van der Waals surface area contributed by atoms with Crippen molar-refractivity contribution in [2.45, 2.75) is 58.3 Å². The highest BCUT2D eigenvalue weighted by molar-refractivity contribution is 6.74. The summed E-state index contributed by atoms with van der Waals surface area (Å²) in [5.41, 5.74) is 3.08. The molecule has 1 amide bonds. The number of likely N-dealkylation sites (tertiary alicyclic amines) is 1. The van der Waals surface area contributed by atoms with Crippen molar-refractivity contribution in [1.82, 2.24) is 4.90 Å². The van der Waals surface area contributed by atoms with E-state index in [1.165, 1.54) is 27.1 Å². The molecule has 1 aliphatic rings. The van der Waals surface area contributed by atoms with Crippen molar-refractivity contribution >= 4 is 31.6 Å². The lowest BCUT2D eigenvalue weighted by Crippen LogP contribution is -2.43. The van der Waals surface area contributed by atoms with E-state index < -0.39 is 14.3 Å². The van der Waals surface area contributed by atoms with E-state index in [1.54, 1.807) is 24.3 Å². The maximum absolute atomic E-state index is 13.4. The molecule has 45 heavy (non-hydrogen) atoms. The molecule has 0 spiro atoms. The molecule has 1 heterocycles. The second-order valence-electron chi connectivity index (χ2n) is 12.8. The number of esters is 1. The van der Waals surface area contributed by atoms with Crippen LogP contribution in [-0.2, 0) is 11.3 Å². The summed E-state index contributed by atoms with van der Waals surface area (Å²) in [5.74, 6) is 1.17. The van der Waals surface area contributed by atoms with Gasteiger partial charge in [-0.25, -0.2) is 4.79 Å². The van der Waals surface area contributed by atoms with Gasteiger partial charge in [-0.05, 0) is 98.2 Å². The summed E-state index contributed by atoms with van der Waals surface area (Å²) < 4.78 is 22.7. The number of nitrogens with one attached hydrogen (secondary N) is 2. The SMILES string of the molecule is COC(=O)c1ccc(CNc2ccc(O[Si](C)(C)C(C)(C)C)cc2NC(=O)c2ccc(OCCN3CCCC3)cc2)cc1OC. The smallest absolute Gasteiger partial charge is 0.341 e. The minimum absolute atomic E-state index is 0.0149. The largest absolute Gasteiger partial charge is 0.543 e. The van der Waals surface area contributed by atoms with Crippen LogP contribution < -0.4 is 24.5 Å². The van der Waals surface area contributed by atoms with E-state index in [-0.39, 0.29) is 10.9 Å². The number of benzene rings is 3. The third kappa shape index (κ3) is 9.01. The normalized spacial score (nSPS) is 13.7. The Hall–Kier alpha value is -4.02. The Labute approximate surface area is 268 Å². The Morgan fingerprint density at radius 3 is 2.22 bits per heavy atom. The second-order valence-corrected chi connectivity index (χ2v) is 17.5. The molecule has 242 valence electrons. The lowest BCUT2D eigenvalue weighted by atomic mass is 10.1. The fraction of sp³-hybridized carbons (Fsp3) is 0.429. The molecule has 1 fully saturated rings. The van der Waals surface area contributed by atoms with Gasteiger partial charge in [0.25, 0.3) is 5.91 Å². The monoisotopic (exact) mass is 633 g/mol. The molecule has 0 aliphatic carbocycles. The van der Waals surface area contributed by atoms with Crippen LogP contribution in [0.4, 0.5) is 11.4 Å². The van der Waals surface area contributed by atoms with Crippen molar-refractivity contribution in [2.24, 2.45) is 0 Å². The van der Waals surface area contributed by atoms with Crippen LogP contribution in [0.2, 0.25) is 18.1 Å². The maximum atomic E-state index is 13.4. The van der Waals surface area contributed by atoms with Crippen molar-refractivity contribution in [1.29, 1.82) is 0 Å². The summed E-state index contributed by atoms with van der Waals surface area (Å²) in [6.07, 6.45) is 2.51. The molecule has 4 rings (SSSR count). The predicted octanol–water partition coefficient (Wildman–Crippen LogP) is 7.20. The van der Waals surface area contributed by atoms with E-state index in [9.17, 15) is 9.59 Å². The van der Waals surface area contributed by atoms with Gasteiger partial charge in [0, 0.05) is 24.7 Å². The van der Waals surface area contributed by atoms with Crippen LogP contribution in [0.3, 0.4) is 0 Å². The highest BCUT2D eigenvalue weighted by atomic mass is 28.4. The minimum Gasteiger partial charge on any atom is -0.543 e. The number of rotatable bonds is 13. The van der Waals surface area contributed by atoms with Crippen molar-refractivity contribution in [3.8, 4) is 17.2 Å². The van der Waals surface area contributed by atoms with E-state index in [0.29, 0.717) is 41.5 Å². The first kappa shape index (κ1) is 33.9. The summed E-state index contributed by atoms with van der Waals surface area (Å²) in [4.78, 5) is 27.9. The minimum atomic E-state index is -2.12. The Bertz CT molecular complexity index is 1460. The molecule has 0 unspecified atom stereocenters. The number of hydrogen-bond donors (Lipinski definition) is 2. The topological polar surface area (TPSA) is 98.4 Å². The molecule has 0 bridgehead atoms. The van der Waals surface area contributed by atoms with Gasteiger partial charge < -0.3 is 29.3 Å². The third-order valence-electron chi connectivity index (χ3n) is 8.56. The highest BCUT2D eigenvalue weighted by Gasteiger charge is 2.39. The van der Waals surface area contributed by atoms with Crippen LogP contribution in [0, 0.1) is 0 Å². The van der Waals surface area contributed by atoms with Crippen LogP contribution in [0.25, 0.3) is 0 Å². The summed E-state index contributed by atoms with van der Waals surface area (Å²) in [5, 5.41) is 6.52. The van der Waals surface area contributed by atoms with Gasteiger partial charge in [0.1, 0.15) is 29.4 Å². The summed E-state index contributed by atoms with van der Waals surface area (Å²) in [6.45, 7) is 15.2. The molecule has 10 heteroatoms. The second kappa shape index (κ2) is 14.8. The average molecular weight is 634 g/mol. The number of nitrogens with zero attached hydrogens (tertiary/aromatic N) is 1. The third-order valence-corrected chi connectivity index (χ3v) is 12.9. The van der Waals surface area contributed by atoms with Crippen LogP contribution >= 0.6 is 0 Å². The molecule has 9 nitrogen and oxygen atoms in total. The van der Waals surface area contributed by atoms with E-state index >= 15 is 0 Å². The number of amides is 1. The number of hydrogen-bond acceptors (Lipinski definition) is 8. The van der Waals surface area contributed by atoms with Crippen molar-refractivity contribution in [2.75, 3.05) is 51.1 Å². The van der Waals surface area contributed by atoms with Gasteiger partial charge >= 0.3 is 5.97 Å². The number of anilines is 2. The molecule has 0 radical (unpaired) electrons.